The lowest BCUT2D eigenvalue weighted by atomic mass is 10.1. The molecule has 1 aromatic heterocycles. The molecule has 2 aliphatic rings. The average molecular weight is 398 g/mol. The van der Waals surface area contributed by atoms with Crippen LogP contribution in [0.2, 0.25) is 0 Å². The summed E-state index contributed by atoms with van der Waals surface area (Å²) in [6.45, 7) is 8.39. The molecule has 2 saturated heterocycles. The molecule has 0 saturated carbocycles. The first kappa shape index (κ1) is 19.6. The van der Waals surface area contributed by atoms with Gasteiger partial charge >= 0.3 is 0 Å². The molecule has 8 heteroatoms. The number of carbonyl (C=O) groups is 1. The van der Waals surface area contributed by atoms with Crippen LogP contribution in [0.25, 0.3) is 0 Å². The lowest BCUT2D eigenvalue weighted by Crippen LogP contribution is -2.46. The van der Waals surface area contributed by atoms with Gasteiger partial charge in [-0.3, -0.25) is 4.79 Å². The van der Waals surface area contributed by atoms with Gasteiger partial charge in [-0.25, -0.2) is 14.4 Å². The summed E-state index contributed by atoms with van der Waals surface area (Å²) in [5.41, 5.74) is 1.40. The lowest BCUT2D eigenvalue weighted by Gasteiger charge is -2.35. The molecule has 1 N–H and O–H groups in total. The van der Waals surface area contributed by atoms with E-state index in [1.165, 1.54) is 12.4 Å². The third-order valence-electron chi connectivity index (χ3n) is 5.72. The van der Waals surface area contributed by atoms with Crippen LogP contribution in [0.5, 0.6) is 0 Å². The van der Waals surface area contributed by atoms with E-state index in [1.807, 2.05) is 4.90 Å². The number of halogens is 1. The SMILES string of the molecule is CCN1CCN(c2ccc(C(=O)Nc3cncnc3N3CCCC3)cc2F)CC1. The number of nitrogens with one attached hydrogen (secondary N) is 1. The molecule has 29 heavy (non-hydrogen) atoms. The van der Waals surface area contributed by atoms with Gasteiger partial charge in [0.2, 0.25) is 0 Å². The minimum atomic E-state index is -0.369. The number of anilines is 3. The summed E-state index contributed by atoms with van der Waals surface area (Å²) in [6, 6.07) is 4.70. The molecule has 0 spiro atoms. The summed E-state index contributed by atoms with van der Waals surface area (Å²) in [5.74, 6) is -0.00934. The van der Waals surface area contributed by atoms with E-state index < -0.39 is 0 Å². The van der Waals surface area contributed by atoms with Gasteiger partial charge in [0.05, 0.1) is 11.9 Å². The topological polar surface area (TPSA) is 64.6 Å². The van der Waals surface area contributed by atoms with Gasteiger partial charge in [0.15, 0.2) is 5.82 Å². The summed E-state index contributed by atoms with van der Waals surface area (Å²) < 4.78 is 14.8. The number of benzene rings is 1. The van der Waals surface area contributed by atoms with Gasteiger partial charge in [0.1, 0.15) is 17.8 Å². The van der Waals surface area contributed by atoms with E-state index in [4.69, 9.17) is 0 Å². The predicted molar refractivity (Wildman–Crippen MR) is 112 cm³/mol. The van der Waals surface area contributed by atoms with Crippen LogP contribution < -0.4 is 15.1 Å². The quantitative estimate of drug-likeness (QED) is 0.835. The van der Waals surface area contributed by atoms with Crippen molar-refractivity contribution in [1.29, 1.82) is 0 Å². The van der Waals surface area contributed by atoms with Crippen LogP contribution in [0, 0.1) is 5.82 Å². The Hall–Kier alpha value is -2.74. The third-order valence-corrected chi connectivity index (χ3v) is 5.72. The summed E-state index contributed by atoms with van der Waals surface area (Å²) in [4.78, 5) is 27.6. The van der Waals surface area contributed by atoms with Crippen LogP contribution in [0.4, 0.5) is 21.6 Å². The van der Waals surface area contributed by atoms with Crippen molar-refractivity contribution in [3.05, 3.63) is 42.1 Å². The fraction of sp³-hybridized carbons (Fsp3) is 0.476. The van der Waals surface area contributed by atoms with Crippen LogP contribution >= 0.6 is 0 Å². The molecule has 1 amide bonds. The Morgan fingerprint density at radius 3 is 2.55 bits per heavy atom. The van der Waals surface area contributed by atoms with Crippen molar-refractivity contribution in [2.45, 2.75) is 19.8 Å². The molecule has 0 bridgehead atoms. The maximum atomic E-state index is 14.8. The van der Waals surface area contributed by atoms with Crippen LogP contribution in [0.3, 0.4) is 0 Å². The van der Waals surface area contributed by atoms with Crippen LogP contribution in [0.15, 0.2) is 30.7 Å². The molecule has 0 aliphatic carbocycles. The maximum Gasteiger partial charge on any atom is 0.255 e. The molecule has 0 unspecified atom stereocenters. The minimum Gasteiger partial charge on any atom is -0.367 e. The van der Waals surface area contributed by atoms with Gasteiger partial charge in [0, 0.05) is 44.8 Å². The molecular formula is C21H27FN6O. The Balaban J connectivity index is 1.47. The van der Waals surface area contributed by atoms with Gasteiger partial charge in [-0.15, -0.1) is 0 Å². The van der Waals surface area contributed by atoms with E-state index in [-0.39, 0.29) is 17.3 Å². The number of amides is 1. The Labute approximate surface area is 170 Å². The molecule has 3 heterocycles. The second-order valence-electron chi connectivity index (χ2n) is 7.50. The number of aromatic nitrogens is 2. The zero-order valence-corrected chi connectivity index (χ0v) is 16.8. The average Bonchev–Trinajstić information content (AvgIpc) is 3.29. The zero-order valence-electron chi connectivity index (χ0n) is 16.8. The first-order chi connectivity index (χ1) is 14.2. The first-order valence-electron chi connectivity index (χ1n) is 10.3. The molecule has 4 rings (SSSR count). The second kappa shape index (κ2) is 8.73. The van der Waals surface area contributed by atoms with Gasteiger partial charge in [-0.05, 0) is 37.6 Å². The molecule has 2 aromatic rings. The summed E-state index contributed by atoms with van der Waals surface area (Å²) >= 11 is 0. The van der Waals surface area contributed by atoms with E-state index in [9.17, 15) is 9.18 Å². The number of carbonyl (C=O) groups excluding carboxylic acids is 1. The van der Waals surface area contributed by atoms with Gasteiger partial charge in [0.25, 0.3) is 5.91 Å². The van der Waals surface area contributed by atoms with Crippen LogP contribution in [-0.4, -0.2) is 66.6 Å². The highest BCUT2D eigenvalue weighted by atomic mass is 19.1. The van der Waals surface area contributed by atoms with Crippen molar-refractivity contribution < 1.29 is 9.18 Å². The predicted octanol–water partition coefficient (Wildman–Crippen LogP) is 2.61. The van der Waals surface area contributed by atoms with Crippen molar-refractivity contribution in [2.24, 2.45) is 0 Å². The monoisotopic (exact) mass is 398 g/mol. The number of rotatable bonds is 5. The smallest absolute Gasteiger partial charge is 0.255 e. The molecule has 7 nitrogen and oxygen atoms in total. The van der Waals surface area contributed by atoms with Gasteiger partial charge in [-0.2, -0.15) is 0 Å². The Bertz CT molecular complexity index is 862. The molecule has 1 aromatic carbocycles. The minimum absolute atomic E-state index is 0.287. The zero-order chi connectivity index (χ0) is 20.2. The number of piperazine rings is 1. The number of hydrogen-bond acceptors (Lipinski definition) is 6. The molecule has 0 atom stereocenters. The normalized spacial score (nSPS) is 17.6. The molecule has 2 aliphatic heterocycles. The van der Waals surface area contributed by atoms with Crippen molar-refractivity contribution >= 4 is 23.1 Å². The van der Waals surface area contributed by atoms with Crippen molar-refractivity contribution in [2.75, 3.05) is 60.9 Å². The van der Waals surface area contributed by atoms with Crippen LogP contribution in [-0.2, 0) is 0 Å². The number of nitrogens with zero attached hydrogens (tertiary/aromatic N) is 5. The molecule has 2 fully saturated rings. The van der Waals surface area contributed by atoms with E-state index in [0.29, 0.717) is 11.4 Å². The van der Waals surface area contributed by atoms with Crippen LogP contribution in [0.1, 0.15) is 30.1 Å². The second-order valence-corrected chi connectivity index (χ2v) is 7.50. The fourth-order valence-electron chi connectivity index (χ4n) is 4.00. The van der Waals surface area contributed by atoms with E-state index >= 15 is 0 Å². The number of hydrogen-bond donors (Lipinski definition) is 1. The molecular weight excluding hydrogens is 371 g/mol. The highest BCUT2D eigenvalue weighted by molar-refractivity contribution is 6.05. The third kappa shape index (κ3) is 4.32. The van der Waals surface area contributed by atoms with Gasteiger partial charge in [-0.1, -0.05) is 6.92 Å². The first-order valence-corrected chi connectivity index (χ1v) is 10.3. The summed E-state index contributed by atoms with van der Waals surface area (Å²) in [7, 11) is 0. The fourth-order valence-corrected chi connectivity index (χ4v) is 4.00. The Kier molecular flexibility index (Phi) is 5.89. The van der Waals surface area contributed by atoms with Crippen molar-refractivity contribution in [3.8, 4) is 0 Å². The van der Waals surface area contributed by atoms with E-state index in [2.05, 4.69) is 32.0 Å². The lowest BCUT2D eigenvalue weighted by molar-refractivity contribution is 0.102. The van der Waals surface area contributed by atoms with E-state index in [1.54, 1.807) is 18.3 Å². The number of likely N-dealkylation sites (N-methyl/N-ethyl adjacent to an activating group) is 1. The Morgan fingerprint density at radius 1 is 1.10 bits per heavy atom. The molecule has 154 valence electrons. The highest BCUT2D eigenvalue weighted by Gasteiger charge is 2.21. The van der Waals surface area contributed by atoms with E-state index in [0.717, 1.165) is 64.5 Å². The largest absolute Gasteiger partial charge is 0.367 e. The standard InChI is InChI=1S/C21H27FN6O/c1-2-26-9-11-27(12-10-26)19-6-5-16(13-17(19)22)21(29)25-18-14-23-15-24-20(18)28-7-3-4-8-28/h5-6,13-15H,2-4,7-12H2,1H3,(H,25,29). The van der Waals surface area contributed by atoms with Crippen molar-refractivity contribution in [1.82, 2.24) is 14.9 Å². The summed E-state index contributed by atoms with van der Waals surface area (Å²) in [5, 5.41) is 2.85. The Morgan fingerprint density at radius 2 is 1.86 bits per heavy atom. The molecule has 0 radical (unpaired) electrons. The maximum absolute atomic E-state index is 14.8. The summed E-state index contributed by atoms with van der Waals surface area (Å²) in [6.07, 6.45) is 5.29. The highest BCUT2D eigenvalue weighted by Crippen LogP contribution is 2.27. The van der Waals surface area contributed by atoms with Crippen molar-refractivity contribution in [3.63, 3.8) is 0 Å². The van der Waals surface area contributed by atoms with Gasteiger partial charge < -0.3 is 20.0 Å².